The van der Waals surface area contributed by atoms with E-state index in [0.29, 0.717) is 13.1 Å². The molecule has 176 valence electrons. The maximum Gasteiger partial charge on any atom is 0.262 e. The first-order valence-corrected chi connectivity index (χ1v) is 11.6. The van der Waals surface area contributed by atoms with Crippen LogP contribution < -0.4 is 15.0 Å². The van der Waals surface area contributed by atoms with Crippen molar-refractivity contribution in [3.63, 3.8) is 0 Å². The number of nitrogens with one attached hydrogen (secondary N) is 1. The van der Waals surface area contributed by atoms with E-state index in [-0.39, 0.29) is 18.4 Å². The van der Waals surface area contributed by atoms with Crippen LogP contribution in [0.5, 0.6) is 5.75 Å². The van der Waals surface area contributed by atoms with E-state index in [1.807, 2.05) is 92.4 Å². The molecule has 0 radical (unpaired) electrons. The molecule has 1 N–H and O–H groups in total. The number of nitrogens with zero attached hydrogens (tertiary/aromatic N) is 2. The highest BCUT2D eigenvalue weighted by molar-refractivity contribution is 5.95. The van der Waals surface area contributed by atoms with Crippen molar-refractivity contribution >= 4 is 23.2 Å². The molecule has 6 heteroatoms. The number of benzene rings is 3. The van der Waals surface area contributed by atoms with Gasteiger partial charge < -0.3 is 19.9 Å². The molecule has 0 unspecified atom stereocenters. The third-order valence-corrected chi connectivity index (χ3v) is 6.15. The van der Waals surface area contributed by atoms with Gasteiger partial charge in [-0.15, -0.1) is 0 Å². The van der Waals surface area contributed by atoms with Crippen LogP contribution >= 0.6 is 0 Å². The van der Waals surface area contributed by atoms with Gasteiger partial charge >= 0.3 is 0 Å². The normalized spacial score (nSPS) is 13.5. The van der Waals surface area contributed by atoms with E-state index >= 15 is 0 Å². The van der Waals surface area contributed by atoms with Crippen molar-refractivity contribution in [1.82, 2.24) is 4.90 Å². The number of rotatable bonds is 6. The molecule has 1 heterocycles. The summed E-state index contributed by atoms with van der Waals surface area (Å²) in [4.78, 5) is 29.3. The fourth-order valence-corrected chi connectivity index (χ4v) is 4.21. The Labute approximate surface area is 201 Å². The second-order valence-corrected chi connectivity index (χ2v) is 8.75. The molecule has 3 aromatic carbocycles. The van der Waals surface area contributed by atoms with Crippen molar-refractivity contribution in [3.05, 3.63) is 89.0 Å². The lowest BCUT2D eigenvalue weighted by Crippen LogP contribution is -2.48. The van der Waals surface area contributed by atoms with E-state index in [1.165, 1.54) is 0 Å². The van der Waals surface area contributed by atoms with Crippen LogP contribution in [0.25, 0.3) is 0 Å². The second-order valence-electron chi connectivity index (χ2n) is 8.75. The first-order chi connectivity index (χ1) is 16.4. The molecule has 0 spiro atoms. The number of ether oxygens (including phenoxy) is 1. The fourth-order valence-electron chi connectivity index (χ4n) is 4.21. The van der Waals surface area contributed by atoms with Gasteiger partial charge in [-0.25, -0.2) is 0 Å². The Morgan fingerprint density at radius 2 is 1.56 bits per heavy atom. The van der Waals surface area contributed by atoms with Gasteiger partial charge in [-0.05, 0) is 68.3 Å². The topological polar surface area (TPSA) is 61.9 Å². The summed E-state index contributed by atoms with van der Waals surface area (Å²) in [6.07, 6.45) is 0. The number of hydrogen-bond donors (Lipinski definition) is 1. The fraction of sp³-hybridized carbons (Fsp3) is 0.286. The Morgan fingerprint density at radius 3 is 2.24 bits per heavy atom. The number of anilines is 2. The van der Waals surface area contributed by atoms with Crippen molar-refractivity contribution in [2.45, 2.75) is 20.8 Å². The second kappa shape index (κ2) is 10.4. The quantitative estimate of drug-likeness (QED) is 0.588. The number of carbonyl (C=O) groups excluding carboxylic acids is 2. The Bertz CT molecular complexity index is 1170. The average Bonchev–Trinajstić information content (AvgIpc) is 2.84. The standard InChI is InChI=1S/C28H31N3O3/c1-20-8-13-26(22(3)18-20)34-19-27(32)29-23-9-11-24(12-10-23)30-14-16-31(17-15-30)28(33)25-7-5-4-6-21(25)2/h4-13,18H,14-17,19H2,1-3H3,(H,29,32). The van der Waals surface area contributed by atoms with E-state index in [4.69, 9.17) is 4.74 Å². The zero-order valence-corrected chi connectivity index (χ0v) is 20.0. The van der Waals surface area contributed by atoms with Crippen LogP contribution in [0.3, 0.4) is 0 Å². The third kappa shape index (κ3) is 5.57. The molecular weight excluding hydrogens is 426 g/mol. The van der Waals surface area contributed by atoms with Crippen LogP contribution in [-0.4, -0.2) is 49.5 Å². The molecule has 0 saturated carbocycles. The van der Waals surface area contributed by atoms with Gasteiger partial charge in [-0.3, -0.25) is 9.59 Å². The number of piperazine rings is 1. The number of amides is 2. The van der Waals surface area contributed by atoms with Gasteiger partial charge in [-0.2, -0.15) is 0 Å². The molecule has 0 bridgehead atoms. The molecule has 1 aliphatic heterocycles. The molecule has 1 saturated heterocycles. The molecule has 2 amide bonds. The minimum atomic E-state index is -0.198. The lowest BCUT2D eigenvalue weighted by molar-refractivity contribution is -0.118. The van der Waals surface area contributed by atoms with Crippen LogP contribution in [0.2, 0.25) is 0 Å². The highest BCUT2D eigenvalue weighted by atomic mass is 16.5. The van der Waals surface area contributed by atoms with Crippen LogP contribution in [0, 0.1) is 20.8 Å². The highest BCUT2D eigenvalue weighted by Crippen LogP contribution is 2.22. The summed E-state index contributed by atoms with van der Waals surface area (Å²) >= 11 is 0. The van der Waals surface area contributed by atoms with Crippen molar-refractivity contribution in [2.24, 2.45) is 0 Å². The Kier molecular flexibility index (Phi) is 7.16. The van der Waals surface area contributed by atoms with E-state index < -0.39 is 0 Å². The molecule has 1 fully saturated rings. The van der Waals surface area contributed by atoms with Crippen molar-refractivity contribution in [2.75, 3.05) is 43.0 Å². The van der Waals surface area contributed by atoms with Gasteiger partial charge in [-0.1, -0.05) is 35.9 Å². The van der Waals surface area contributed by atoms with Gasteiger partial charge in [0, 0.05) is 43.1 Å². The van der Waals surface area contributed by atoms with Crippen LogP contribution in [0.1, 0.15) is 27.0 Å². The molecule has 0 aliphatic carbocycles. The predicted molar refractivity (Wildman–Crippen MR) is 136 cm³/mol. The average molecular weight is 458 g/mol. The monoisotopic (exact) mass is 457 g/mol. The minimum absolute atomic E-state index is 0.0392. The number of carbonyl (C=O) groups is 2. The molecule has 3 aromatic rings. The zero-order valence-electron chi connectivity index (χ0n) is 20.0. The maximum absolute atomic E-state index is 12.8. The van der Waals surface area contributed by atoms with Crippen molar-refractivity contribution < 1.29 is 14.3 Å². The van der Waals surface area contributed by atoms with Gasteiger partial charge in [0.15, 0.2) is 6.61 Å². The summed E-state index contributed by atoms with van der Waals surface area (Å²) in [5.74, 6) is 0.617. The first-order valence-electron chi connectivity index (χ1n) is 11.6. The van der Waals surface area contributed by atoms with Crippen molar-refractivity contribution in [3.8, 4) is 5.75 Å². The van der Waals surface area contributed by atoms with Gasteiger partial charge in [0.05, 0.1) is 0 Å². The van der Waals surface area contributed by atoms with E-state index in [1.54, 1.807) is 0 Å². The predicted octanol–water partition coefficient (Wildman–Crippen LogP) is 4.59. The van der Waals surface area contributed by atoms with Crippen LogP contribution in [-0.2, 0) is 4.79 Å². The molecule has 4 rings (SSSR count). The zero-order chi connectivity index (χ0) is 24.1. The summed E-state index contributed by atoms with van der Waals surface area (Å²) in [7, 11) is 0. The Hall–Kier alpha value is -3.80. The largest absolute Gasteiger partial charge is 0.483 e. The van der Waals surface area contributed by atoms with Crippen LogP contribution in [0.15, 0.2) is 66.7 Å². The summed E-state index contributed by atoms with van der Waals surface area (Å²) in [5, 5.41) is 2.88. The summed E-state index contributed by atoms with van der Waals surface area (Å²) < 4.78 is 5.66. The summed E-state index contributed by atoms with van der Waals surface area (Å²) in [5.41, 5.74) is 5.76. The highest BCUT2D eigenvalue weighted by Gasteiger charge is 2.23. The molecule has 1 aliphatic rings. The lowest BCUT2D eigenvalue weighted by atomic mass is 10.1. The number of aryl methyl sites for hydroxylation is 3. The van der Waals surface area contributed by atoms with Crippen LogP contribution in [0.4, 0.5) is 11.4 Å². The Morgan fingerprint density at radius 1 is 0.853 bits per heavy atom. The lowest BCUT2D eigenvalue weighted by Gasteiger charge is -2.36. The molecular formula is C28H31N3O3. The van der Waals surface area contributed by atoms with Crippen molar-refractivity contribution in [1.29, 1.82) is 0 Å². The smallest absolute Gasteiger partial charge is 0.262 e. The number of hydrogen-bond acceptors (Lipinski definition) is 4. The Balaban J connectivity index is 1.27. The SMILES string of the molecule is Cc1ccc(OCC(=O)Nc2ccc(N3CCN(C(=O)c4ccccc4C)CC3)cc2)c(C)c1. The first kappa shape index (κ1) is 23.4. The maximum atomic E-state index is 12.8. The molecule has 0 aromatic heterocycles. The molecule has 6 nitrogen and oxygen atoms in total. The molecule has 34 heavy (non-hydrogen) atoms. The summed E-state index contributed by atoms with van der Waals surface area (Å²) in [6, 6.07) is 21.4. The van der Waals surface area contributed by atoms with Gasteiger partial charge in [0.25, 0.3) is 11.8 Å². The van der Waals surface area contributed by atoms with E-state index in [0.717, 1.165) is 52.5 Å². The minimum Gasteiger partial charge on any atom is -0.483 e. The van der Waals surface area contributed by atoms with E-state index in [2.05, 4.69) is 10.2 Å². The summed E-state index contributed by atoms with van der Waals surface area (Å²) in [6.45, 7) is 8.83. The molecule has 0 atom stereocenters. The van der Waals surface area contributed by atoms with Gasteiger partial charge in [0.2, 0.25) is 0 Å². The van der Waals surface area contributed by atoms with E-state index in [9.17, 15) is 9.59 Å². The van der Waals surface area contributed by atoms with Gasteiger partial charge in [0.1, 0.15) is 5.75 Å². The third-order valence-electron chi connectivity index (χ3n) is 6.15.